The van der Waals surface area contributed by atoms with Crippen molar-refractivity contribution in [2.24, 2.45) is 0 Å². The van der Waals surface area contributed by atoms with Crippen molar-refractivity contribution in [3.8, 4) is 11.5 Å². The molecule has 0 heterocycles. The number of rotatable bonds is 6. The lowest BCUT2D eigenvalue weighted by Crippen LogP contribution is -2.14. The third kappa shape index (κ3) is 3.72. The van der Waals surface area contributed by atoms with Crippen LogP contribution in [0.1, 0.15) is 10.4 Å². The Hall–Kier alpha value is -2.74. The third-order valence-electron chi connectivity index (χ3n) is 3.04. The van der Waals surface area contributed by atoms with Gasteiger partial charge in [0.05, 0.1) is 30.4 Å². The maximum Gasteiger partial charge on any atom is 0.335 e. The summed E-state index contributed by atoms with van der Waals surface area (Å²) in [5, 5.41) is 8.96. The average molecular weight is 337 g/mol. The highest BCUT2D eigenvalue weighted by atomic mass is 32.2. The zero-order valence-corrected chi connectivity index (χ0v) is 13.3. The highest BCUT2D eigenvalue weighted by molar-refractivity contribution is 7.92. The summed E-state index contributed by atoms with van der Waals surface area (Å²) in [4.78, 5) is 10.8. The second-order valence-corrected chi connectivity index (χ2v) is 6.19. The molecule has 0 spiro atoms. The first-order valence-electron chi connectivity index (χ1n) is 6.45. The second kappa shape index (κ2) is 6.57. The molecule has 122 valence electrons. The van der Waals surface area contributed by atoms with Crippen LogP contribution in [0.3, 0.4) is 0 Å². The zero-order chi connectivity index (χ0) is 17.0. The molecule has 8 heteroatoms. The highest BCUT2D eigenvalue weighted by Gasteiger charge is 2.18. The predicted molar refractivity (Wildman–Crippen MR) is 83.8 cm³/mol. The van der Waals surface area contributed by atoms with E-state index >= 15 is 0 Å². The van der Waals surface area contributed by atoms with E-state index in [0.717, 1.165) is 6.07 Å². The van der Waals surface area contributed by atoms with Gasteiger partial charge in [-0.3, -0.25) is 4.72 Å². The van der Waals surface area contributed by atoms with E-state index in [-0.39, 0.29) is 16.1 Å². The lowest BCUT2D eigenvalue weighted by atomic mass is 10.2. The maximum atomic E-state index is 12.4. The molecule has 0 aliphatic rings. The monoisotopic (exact) mass is 337 g/mol. The number of carboxylic acid groups (broad SMARTS) is 1. The van der Waals surface area contributed by atoms with E-state index in [0.29, 0.717) is 11.5 Å². The van der Waals surface area contributed by atoms with Gasteiger partial charge in [-0.2, -0.15) is 0 Å². The molecule has 7 nitrogen and oxygen atoms in total. The van der Waals surface area contributed by atoms with E-state index < -0.39 is 16.0 Å². The minimum atomic E-state index is -3.98. The molecule has 0 unspecified atom stereocenters. The van der Waals surface area contributed by atoms with Crippen molar-refractivity contribution in [3.63, 3.8) is 0 Å². The van der Waals surface area contributed by atoms with Crippen molar-refractivity contribution in [2.75, 3.05) is 18.9 Å². The van der Waals surface area contributed by atoms with E-state index in [1.165, 1.54) is 38.5 Å². The van der Waals surface area contributed by atoms with Crippen LogP contribution >= 0.6 is 0 Å². The molecule has 2 rings (SSSR count). The molecule has 0 atom stereocenters. The Morgan fingerprint density at radius 3 is 2.43 bits per heavy atom. The molecule has 0 saturated carbocycles. The van der Waals surface area contributed by atoms with Gasteiger partial charge in [-0.15, -0.1) is 0 Å². The summed E-state index contributed by atoms with van der Waals surface area (Å²) >= 11 is 0. The Bertz CT molecular complexity index is 832. The molecule has 0 bridgehead atoms. The fourth-order valence-corrected chi connectivity index (χ4v) is 3.00. The molecule has 0 radical (unpaired) electrons. The largest absolute Gasteiger partial charge is 0.497 e. The molecule has 2 aromatic carbocycles. The molecule has 0 aromatic heterocycles. The third-order valence-corrected chi connectivity index (χ3v) is 4.41. The Labute approximate surface area is 133 Å². The number of anilines is 1. The van der Waals surface area contributed by atoms with Crippen LogP contribution in [0.15, 0.2) is 47.4 Å². The van der Waals surface area contributed by atoms with Gasteiger partial charge in [0.15, 0.2) is 0 Å². The Morgan fingerprint density at radius 1 is 1.09 bits per heavy atom. The molecule has 23 heavy (non-hydrogen) atoms. The topological polar surface area (TPSA) is 102 Å². The Morgan fingerprint density at radius 2 is 1.83 bits per heavy atom. The van der Waals surface area contributed by atoms with Crippen molar-refractivity contribution >= 4 is 21.7 Å². The lowest BCUT2D eigenvalue weighted by molar-refractivity contribution is 0.0696. The number of carboxylic acids is 1. The van der Waals surface area contributed by atoms with Gasteiger partial charge in [0.1, 0.15) is 11.5 Å². The lowest BCUT2D eigenvalue weighted by Gasteiger charge is -2.13. The summed E-state index contributed by atoms with van der Waals surface area (Å²) in [7, 11) is -1.11. The van der Waals surface area contributed by atoms with E-state index in [9.17, 15) is 13.2 Å². The van der Waals surface area contributed by atoms with Gasteiger partial charge in [-0.25, -0.2) is 13.2 Å². The summed E-state index contributed by atoms with van der Waals surface area (Å²) in [6, 6.07) is 9.72. The van der Waals surface area contributed by atoms with Gasteiger partial charge >= 0.3 is 5.97 Å². The van der Waals surface area contributed by atoms with Crippen molar-refractivity contribution in [2.45, 2.75) is 4.90 Å². The predicted octanol–water partition coefficient (Wildman–Crippen LogP) is 2.20. The number of hydrogen-bond acceptors (Lipinski definition) is 5. The molecule has 2 aromatic rings. The minimum Gasteiger partial charge on any atom is -0.497 e. The first-order chi connectivity index (χ1) is 10.9. The van der Waals surface area contributed by atoms with Crippen LogP contribution in [-0.2, 0) is 10.0 Å². The molecule has 0 aliphatic carbocycles. The standard InChI is InChI=1S/C15H15NO6S/c1-21-11-6-7-14(22-2)13(9-11)16-23(19,20)12-5-3-4-10(8-12)15(17)18/h3-9,16H,1-2H3,(H,17,18). The Balaban J connectivity index is 2.42. The molecule has 2 N–H and O–H groups in total. The van der Waals surface area contributed by atoms with Crippen LogP contribution in [0.5, 0.6) is 11.5 Å². The average Bonchev–Trinajstić information content (AvgIpc) is 2.54. The van der Waals surface area contributed by atoms with Crippen molar-refractivity contribution in [1.82, 2.24) is 0 Å². The van der Waals surface area contributed by atoms with Crippen molar-refractivity contribution in [1.29, 1.82) is 0 Å². The number of carbonyl (C=O) groups is 1. The SMILES string of the molecule is COc1ccc(OC)c(NS(=O)(=O)c2cccc(C(=O)O)c2)c1. The first-order valence-corrected chi connectivity index (χ1v) is 7.94. The van der Waals surface area contributed by atoms with Gasteiger partial charge in [0, 0.05) is 6.07 Å². The number of nitrogens with one attached hydrogen (secondary N) is 1. The molecule has 0 fully saturated rings. The summed E-state index contributed by atoms with van der Waals surface area (Å²) in [5.41, 5.74) is 0.0676. The smallest absolute Gasteiger partial charge is 0.335 e. The second-order valence-electron chi connectivity index (χ2n) is 4.50. The van der Waals surface area contributed by atoms with Crippen LogP contribution in [0.4, 0.5) is 5.69 Å². The van der Waals surface area contributed by atoms with Gasteiger partial charge in [-0.05, 0) is 30.3 Å². The van der Waals surface area contributed by atoms with Gasteiger partial charge in [0.25, 0.3) is 10.0 Å². The summed E-state index contributed by atoms with van der Waals surface area (Å²) < 4.78 is 37.4. The van der Waals surface area contributed by atoms with Crippen LogP contribution < -0.4 is 14.2 Å². The minimum absolute atomic E-state index is 0.120. The summed E-state index contributed by atoms with van der Waals surface area (Å²) in [5.74, 6) is -0.451. The normalized spacial score (nSPS) is 10.9. The van der Waals surface area contributed by atoms with Crippen LogP contribution in [0.2, 0.25) is 0 Å². The number of aromatic carboxylic acids is 1. The molecular formula is C15H15NO6S. The molecular weight excluding hydrogens is 322 g/mol. The van der Waals surface area contributed by atoms with E-state index in [1.54, 1.807) is 12.1 Å². The van der Waals surface area contributed by atoms with E-state index in [1.807, 2.05) is 0 Å². The first kappa shape index (κ1) is 16.6. The maximum absolute atomic E-state index is 12.4. The molecule has 0 aliphatic heterocycles. The van der Waals surface area contributed by atoms with Crippen LogP contribution in [-0.4, -0.2) is 33.7 Å². The number of benzene rings is 2. The fraction of sp³-hybridized carbons (Fsp3) is 0.133. The quantitative estimate of drug-likeness (QED) is 0.838. The van der Waals surface area contributed by atoms with Crippen LogP contribution in [0.25, 0.3) is 0 Å². The summed E-state index contributed by atoms with van der Waals surface area (Å²) in [6.07, 6.45) is 0. The summed E-state index contributed by atoms with van der Waals surface area (Å²) in [6.45, 7) is 0. The van der Waals surface area contributed by atoms with Gasteiger partial charge < -0.3 is 14.6 Å². The van der Waals surface area contributed by atoms with Gasteiger partial charge in [-0.1, -0.05) is 6.07 Å². The van der Waals surface area contributed by atoms with Crippen molar-refractivity contribution in [3.05, 3.63) is 48.0 Å². The number of ether oxygens (including phenoxy) is 2. The van der Waals surface area contributed by atoms with Crippen molar-refractivity contribution < 1.29 is 27.8 Å². The fourth-order valence-electron chi connectivity index (χ4n) is 1.89. The molecule has 0 saturated heterocycles. The van der Waals surface area contributed by atoms with E-state index in [4.69, 9.17) is 14.6 Å². The van der Waals surface area contributed by atoms with Gasteiger partial charge in [0.2, 0.25) is 0 Å². The van der Waals surface area contributed by atoms with E-state index in [2.05, 4.69) is 4.72 Å². The number of hydrogen-bond donors (Lipinski definition) is 2. The van der Waals surface area contributed by atoms with Crippen LogP contribution in [0, 0.1) is 0 Å². The zero-order valence-electron chi connectivity index (χ0n) is 12.4. The molecule has 0 amide bonds. The number of methoxy groups -OCH3 is 2. The number of sulfonamides is 1. The highest BCUT2D eigenvalue weighted by Crippen LogP contribution is 2.30. The Kier molecular flexibility index (Phi) is 4.75.